The van der Waals surface area contributed by atoms with Gasteiger partial charge in [0.2, 0.25) is 0 Å². The van der Waals surface area contributed by atoms with Gasteiger partial charge < -0.3 is 10.1 Å². The van der Waals surface area contributed by atoms with Crippen molar-refractivity contribution in [1.82, 2.24) is 15.8 Å². The summed E-state index contributed by atoms with van der Waals surface area (Å²) in [5, 5.41) is 3.41. The number of esters is 1. The molecule has 4 amide bonds. The summed E-state index contributed by atoms with van der Waals surface area (Å²) < 4.78 is 5.00. The minimum Gasteiger partial charge on any atom is -0.452 e. The molecule has 3 rings (SSSR count). The number of carbonyl (C=O) groups is 4. The van der Waals surface area contributed by atoms with Crippen LogP contribution >= 0.6 is 0 Å². The van der Waals surface area contributed by atoms with Crippen molar-refractivity contribution < 1.29 is 23.9 Å². The molecule has 1 aliphatic carbocycles. The molecule has 1 aromatic rings. The van der Waals surface area contributed by atoms with Crippen molar-refractivity contribution in [3.63, 3.8) is 0 Å². The predicted octanol–water partition coefficient (Wildman–Crippen LogP) is 2.50. The van der Waals surface area contributed by atoms with E-state index in [0.29, 0.717) is 35.2 Å². The van der Waals surface area contributed by atoms with Crippen LogP contribution in [-0.4, -0.2) is 41.0 Å². The number of benzene rings is 1. The molecule has 8 nitrogen and oxygen atoms in total. The maximum Gasteiger partial charge on any atom is 0.344 e. The smallest absolute Gasteiger partial charge is 0.344 e. The zero-order valence-electron chi connectivity index (χ0n) is 17.0. The number of nitrogens with one attached hydrogen (secondary N) is 2. The summed E-state index contributed by atoms with van der Waals surface area (Å²) in [5.74, 6) is -1.01. The van der Waals surface area contributed by atoms with Gasteiger partial charge in [-0.05, 0) is 55.2 Å². The van der Waals surface area contributed by atoms with Crippen LogP contribution in [0.1, 0.15) is 68.3 Å². The molecule has 2 aliphatic rings. The van der Waals surface area contributed by atoms with E-state index >= 15 is 0 Å². The topological polar surface area (TPSA) is 105 Å². The Bertz CT molecular complexity index is 810. The van der Waals surface area contributed by atoms with Gasteiger partial charge in [0.15, 0.2) is 6.61 Å². The normalized spacial score (nSPS) is 24.0. The van der Waals surface area contributed by atoms with Crippen LogP contribution in [0.4, 0.5) is 4.79 Å². The molecule has 1 saturated carbocycles. The second kappa shape index (κ2) is 8.23. The van der Waals surface area contributed by atoms with E-state index in [4.69, 9.17) is 4.74 Å². The summed E-state index contributed by atoms with van der Waals surface area (Å²) in [6.45, 7) is 5.61. The van der Waals surface area contributed by atoms with Crippen molar-refractivity contribution in [2.75, 3.05) is 6.61 Å². The van der Waals surface area contributed by atoms with Crippen LogP contribution in [-0.2, 0) is 14.3 Å². The van der Waals surface area contributed by atoms with Gasteiger partial charge in [0, 0.05) is 0 Å². The molecule has 1 heterocycles. The highest BCUT2D eigenvalue weighted by molar-refractivity contribution is 6.08. The summed E-state index contributed by atoms with van der Waals surface area (Å²) in [6, 6.07) is 6.29. The molecule has 0 aromatic heterocycles. The number of hydrazine groups is 1. The van der Waals surface area contributed by atoms with Gasteiger partial charge in [-0.2, -0.15) is 5.01 Å². The average molecular weight is 401 g/mol. The van der Waals surface area contributed by atoms with Gasteiger partial charge in [-0.25, -0.2) is 9.59 Å². The van der Waals surface area contributed by atoms with Crippen molar-refractivity contribution in [3.8, 4) is 0 Å². The zero-order valence-corrected chi connectivity index (χ0v) is 17.0. The van der Waals surface area contributed by atoms with Crippen molar-refractivity contribution in [2.24, 2.45) is 5.92 Å². The molecule has 1 saturated heterocycles. The van der Waals surface area contributed by atoms with Gasteiger partial charge in [0.05, 0.1) is 5.56 Å². The molecule has 2 N–H and O–H groups in total. The van der Waals surface area contributed by atoms with Crippen molar-refractivity contribution in [3.05, 3.63) is 35.4 Å². The molecule has 1 spiro atoms. The number of amides is 4. The number of rotatable bonds is 5. The summed E-state index contributed by atoms with van der Waals surface area (Å²) in [5.41, 5.74) is 2.72. The first kappa shape index (κ1) is 20.8. The molecule has 1 aromatic carbocycles. The molecule has 1 aliphatic heterocycles. The highest BCUT2D eigenvalue weighted by atomic mass is 16.5. The Hall–Kier alpha value is -2.90. The molecule has 0 atom stereocenters. The Kier molecular flexibility index (Phi) is 5.91. The Balaban J connectivity index is 1.53. The molecule has 29 heavy (non-hydrogen) atoms. The number of ether oxygens (including phenoxy) is 1. The van der Waals surface area contributed by atoms with Crippen LogP contribution in [0.5, 0.6) is 0 Å². The lowest BCUT2D eigenvalue weighted by molar-refractivity contribution is -0.141. The minimum atomic E-state index is -0.939. The number of imide groups is 1. The van der Waals surface area contributed by atoms with Gasteiger partial charge in [-0.15, -0.1) is 0 Å². The van der Waals surface area contributed by atoms with Crippen LogP contribution < -0.4 is 10.7 Å². The van der Waals surface area contributed by atoms with E-state index in [1.54, 1.807) is 12.1 Å². The quantitative estimate of drug-likeness (QED) is 0.583. The lowest BCUT2D eigenvalue weighted by atomic mass is 9.77. The fourth-order valence-corrected chi connectivity index (χ4v) is 3.69. The van der Waals surface area contributed by atoms with Crippen molar-refractivity contribution in [2.45, 2.75) is 57.9 Å². The first-order valence-corrected chi connectivity index (χ1v) is 9.95. The maximum absolute atomic E-state index is 12.7. The minimum absolute atomic E-state index is 0.326. The second-order valence-corrected chi connectivity index (χ2v) is 8.22. The SMILES string of the molecule is CC1CCC2(CC1)NC(=O)N(NC(=O)COC(=O)c1ccc(C(C)C)cc1)C2=O. The van der Waals surface area contributed by atoms with Crippen LogP contribution in [0.15, 0.2) is 24.3 Å². The van der Waals surface area contributed by atoms with E-state index < -0.39 is 36.0 Å². The molecule has 0 bridgehead atoms. The Morgan fingerprint density at radius 2 is 1.83 bits per heavy atom. The van der Waals surface area contributed by atoms with Gasteiger partial charge in [0.1, 0.15) is 5.54 Å². The van der Waals surface area contributed by atoms with E-state index in [-0.39, 0.29) is 0 Å². The average Bonchev–Trinajstić information content (AvgIpc) is 2.92. The molecule has 156 valence electrons. The third kappa shape index (κ3) is 4.41. The first-order chi connectivity index (χ1) is 13.7. The van der Waals surface area contributed by atoms with Crippen LogP contribution in [0, 0.1) is 5.92 Å². The van der Waals surface area contributed by atoms with E-state index in [1.165, 1.54) is 0 Å². The Morgan fingerprint density at radius 1 is 1.21 bits per heavy atom. The van der Waals surface area contributed by atoms with Crippen LogP contribution in [0.2, 0.25) is 0 Å². The summed E-state index contributed by atoms with van der Waals surface area (Å²) in [7, 11) is 0. The van der Waals surface area contributed by atoms with E-state index in [1.807, 2.05) is 26.0 Å². The highest BCUT2D eigenvalue weighted by Crippen LogP contribution is 2.35. The van der Waals surface area contributed by atoms with Gasteiger partial charge in [0.25, 0.3) is 11.8 Å². The molecular formula is C21H27N3O5. The van der Waals surface area contributed by atoms with Gasteiger partial charge >= 0.3 is 12.0 Å². The van der Waals surface area contributed by atoms with Crippen molar-refractivity contribution >= 4 is 23.8 Å². The van der Waals surface area contributed by atoms with E-state index in [9.17, 15) is 19.2 Å². The number of carbonyl (C=O) groups excluding carboxylic acids is 4. The fraction of sp³-hybridized carbons (Fsp3) is 0.524. The monoisotopic (exact) mass is 401 g/mol. The Labute approximate surface area is 169 Å². The molecule has 0 radical (unpaired) electrons. The van der Waals surface area contributed by atoms with Gasteiger partial charge in [-0.3, -0.25) is 15.0 Å². The summed E-state index contributed by atoms with van der Waals surface area (Å²) in [6.07, 6.45) is 2.76. The van der Waals surface area contributed by atoms with E-state index in [0.717, 1.165) is 18.4 Å². The summed E-state index contributed by atoms with van der Waals surface area (Å²) >= 11 is 0. The Morgan fingerprint density at radius 3 is 2.41 bits per heavy atom. The van der Waals surface area contributed by atoms with E-state index in [2.05, 4.69) is 17.7 Å². The zero-order chi connectivity index (χ0) is 21.2. The largest absolute Gasteiger partial charge is 0.452 e. The molecule has 0 unspecified atom stereocenters. The number of nitrogens with zero attached hydrogens (tertiary/aromatic N) is 1. The third-order valence-electron chi connectivity index (χ3n) is 5.67. The third-order valence-corrected chi connectivity index (χ3v) is 5.67. The van der Waals surface area contributed by atoms with Crippen molar-refractivity contribution in [1.29, 1.82) is 0 Å². The number of hydrogen-bond acceptors (Lipinski definition) is 5. The molecular weight excluding hydrogens is 374 g/mol. The number of hydrogen-bond donors (Lipinski definition) is 2. The number of urea groups is 1. The van der Waals surface area contributed by atoms with Gasteiger partial charge in [-0.1, -0.05) is 32.9 Å². The highest BCUT2D eigenvalue weighted by Gasteiger charge is 2.52. The lowest BCUT2D eigenvalue weighted by Gasteiger charge is -2.33. The predicted molar refractivity (Wildman–Crippen MR) is 105 cm³/mol. The van der Waals surface area contributed by atoms with Crippen LogP contribution in [0.25, 0.3) is 0 Å². The molecule has 2 fully saturated rings. The van der Waals surface area contributed by atoms with Crippen LogP contribution in [0.3, 0.4) is 0 Å². The first-order valence-electron chi connectivity index (χ1n) is 9.95. The standard InChI is InChI=1S/C21H27N3O5/c1-13(2)15-4-6-16(7-5-15)18(26)29-12-17(25)23-24-19(27)21(22-20(24)28)10-8-14(3)9-11-21/h4-7,13-14H,8-12H2,1-3H3,(H,22,28)(H,23,25). The fourth-order valence-electron chi connectivity index (χ4n) is 3.69. The second-order valence-electron chi connectivity index (χ2n) is 8.22. The lowest BCUT2D eigenvalue weighted by Crippen LogP contribution is -2.52. The molecule has 8 heteroatoms. The summed E-state index contributed by atoms with van der Waals surface area (Å²) in [4.78, 5) is 49.1. The maximum atomic E-state index is 12.7.